The van der Waals surface area contributed by atoms with Gasteiger partial charge in [0.2, 0.25) is 5.91 Å². The van der Waals surface area contributed by atoms with Crippen molar-refractivity contribution in [1.82, 2.24) is 15.6 Å². The Morgan fingerprint density at radius 1 is 1.16 bits per heavy atom. The minimum atomic E-state index is -0.346. The number of hydrogen-bond acceptors (Lipinski definition) is 3. The molecular formula is C20H30N4O. The summed E-state index contributed by atoms with van der Waals surface area (Å²) >= 11 is 0. The predicted molar refractivity (Wildman–Crippen MR) is 102 cm³/mol. The highest BCUT2D eigenvalue weighted by atomic mass is 16.2. The molecule has 5 nitrogen and oxygen atoms in total. The van der Waals surface area contributed by atoms with Crippen LogP contribution in [0, 0.1) is 0 Å². The van der Waals surface area contributed by atoms with E-state index >= 15 is 0 Å². The van der Waals surface area contributed by atoms with Crippen LogP contribution in [0.5, 0.6) is 0 Å². The molecule has 1 unspecified atom stereocenters. The van der Waals surface area contributed by atoms with Gasteiger partial charge in [0.25, 0.3) is 0 Å². The smallest absolute Gasteiger partial charge is 0.241 e. The first-order valence-corrected chi connectivity index (χ1v) is 9.30. The van der Waals surface area contributed by atoms with Gasteiger partial charge in [-0.2, -0.15) is 5.10 Å². The minimum Gasteiger partial charge on any atom is -0.294 e. The summed E-state index contributed by atoms with van der Waals surface area (Å²) < 4.78 is 0. The number of rotatable bonds is 10. The zero-order valence-electron chi connectivity index (χ0n) is 15.3. The van der Waals surface area contributed by atoms with Gasteiger partial charge in [-0.25, -0.2) is 5.84 Å². The fourth-order valence-corrected chi connectivity index (χ4v) is 3.07. The Labute approximate surface area is 150 Å². The van der Waals surface area contributed by atoms with Gasteiger partial charge >= 0.3 is 0 Å². The number of amides is 1. The van der Waals surface area contributed by atoms with E-state index < -0.39 is 0 Å². The lowest BCUT2D eigenvalue weighted by Crippen LogP contribution is -2.33. The maximum Gasteiger partial charge on any atom is 0.241 e. The summed E-state index contributed by atoms with van der Waals surface area (Å²) in [4.78, 5) is 11.8. The van der Waals surface area contributed by atoms with E-state index in [1.807, 2.05) is 6.92 Å². The number of hydrazine groups is 1. The number of hydrogen-bond donors (Lipinski definition) is 3. The van der Waals surface area contributed by atoms with E-state index in [-0.39, 0.29) is 11.8 Å². The van der Waals surface area contributed by atoms with Crippen molar-refractivity contribution in [3.05, 3.63) is 41.6 Å². The van der Waals surface area contributed by atoms with Crippen molar-refractivity contribution >= 4 is 5.91 Å². The topological polar surface area (TPSA) is 83.8 Å². The van der Waals surface area contributed by atoms with E-state index in [4.69, 9.17) is 5.84 Å². The molecule has 4 N–H and O–H groups in total. The first-order chi connectivity index (χ1) is 12.2. The van der Waals surface area contributed by atoms with Crippen molar-refractivity contribution in [2.75, 3.05) is 0 Å². The SMILES string of the molecule is CCCCCCCCc1ccc(-c2[nH]ncc2C(C)C(=O)NN)cc1. The van der Waals surface area contributed by atoms with Crippen LogP contribution in [0.2, 0.25) is 0 Å². The first kappa shape index (κ1) is 19.2. The monoisotopic (exact) mass is 342 g/mol. The number of carbonyl (C=O) groups is 1. The van der Waals surface area contributed by atoms with Gasteiger partial charge in [0, 0.05) is 5.56 Å². The van der Waals surface area contributed by atoms with E-state index in [1.54, 1.807) is 6.20 Å². The van der Waals surface area contributed by atoms with Crippen LogP contribution >= 0.6 is 0 Å². The predicted octanol–water partition coefficient (Wildman–Crippen LogP) is 4.07. The van der Waals surface area contributed by atoms with Gasteiger partial charge in [0.15, 0.2) is 0 Å². The Morgan fingerprint density at radius 2 is 1.84 bits per heavy atom. The molecule has 0 aliphatic rings. The molecular weight excluding hydrogens is 312 g/mol. The molecule has 1 heterocycles. The molecule has 1 atom stereocenters. The Kier molecular flexibility index (Phi) is 7.67. The van der Waals surface area contributed by atoms with E-state index in [0.29, 0.717) is 0 Å². The number of aryl methyl sites for hydroxylation is 1. The number of aromatic amines is 1. The van der Waals surface area contributed by atoms with Crippen molar-refractivity contribution < 1.29 is 4.79 Å². The molecule has 5 heteroatoms. The maximum absolute atomic E-state index is 11.8. The molecule has 0 aliphatic carbocycles. The van der Waals surface area contributed by atoms with Crippen LogP contribution in [-0.2, 0) is 11.2 Å². The summed E-state index contributed by atoms with van der Waals surface area (Å²) in [6, 6.07) is 8.52. The summed E-state index contributed by atoms with van der Waals surface area (Å²) in [5, 5.41) is 7.10. The highest BCUT2D eigenvalue weighted by Crippen LogP contribution is 2.27. The lowest BCUT2D eigenvalue weighted by atomic mass is 9.96. The van der Waals surface area contributed by atoms with E-state index in [2.05, 4.69) is 46.8 Å². The number of nitrogens with zero attached hydrogens (tertiary/aromatic N) is 1. The Balaban J connectivity index is 1.94. The molecule has 0 fully saturated rings. The summed E-state index contributed by atoms with van der Waals surface area (Å²) in [5.74, 6) is 4.68. The summed E-state index contributed by atoms with van der Waals surface area (Å²) in [6.07, 6.45) is 10.7. The highest BCUT2D eigenvalue weighted by molar-refractivity contribution is 5.85. The van der Waals surface area contributed by atoms with Crippen LogP contribution < -0.4 is 11.3 Å². The number of nitrogens with one attached hydrogen (secondary N) is 2. The van der Waals surface area contributed by atoms with Gasteiger partial charge in [-0.1, -0.05) is 63.3 Å². The van der Waals surface area contributed by atoms with Crippen LogP contribution in [0.1, 0.15) is 69.4 Å². The fourth-order valence-electron chi connectivity index (χ4n) is 3.07. The molecule has 136 valence electrons. The third kappa shape index (κ3) is 5.43. The second-order valence-corrected chi connectivity index (χ2v) is 6.65. The molecule has 1 aromatic heterocycles. The number of carbonyl (C=O) groups excluding carboxylic acids is 1. The molecule has 0 radical (unpaired) electrons. The first-order valence-electron chi connectivity index (χ1n) is 9.30. The van der Waals surface area contributed by atoms with Crippen molar-refractivity contribution in [1.29, 1.82) is 0 Å². The summed E-state index contributed by atoms with van der Waals surface area (Å²) in [5.41, 5.74) is 6.32. The number of aromatic nitrogens is 2. The number of unbranched alkanes of at least 4 members (excludes halogenated alkanes) is 5. The Hall–Kier alpha value is -2.14. The third-order valence-electron chi connectivity index (χ3n) is 4.73. The van der Waals surface area contributed by atoms with E-state index in [0.717, 1.165) is 23.2 Å². The minimum absolute atomic E-state index is 0.220. The lowest BCUT2D eigenvalue weighted by Gasteiger charge is -2.10. The van der Waals surface area contributed by atoms with Gasteiger partial charge in [0.05, 0.1) is 17.8 Å². The largest absolute Gasteiger partial charge is 0.294 e. The molecule has 2 aromatic rings. The van der Waals surface area contributed by atoms with E-state index in [1.165, 1.54) is 44.1 Å². The average Bonchev–Trinajstić information content (AvgIpc) is 3.13. The molecule has 1 aromatic carbocycles. The van der Waals surface area contributed by atoms with Gasteiger partial charge in [-0.05, 0) is 30.9 Å². The van der Waals surface area contributed by atoms with Crippen molar-refractivity contribution in [3.8, 4) is 11.3 Å². The lowest BCUT2D eigenvalue weighted by molar-refractivity contribution is -0.122. The molecule has 0 aliphatic heterocycles. The van der Waals surface area contributed by atoms with Crippen molar-refractivity contribution in [2.45, 2.75) is 64.7 Å². The molecule has 0 bridgehead atoms. The average molecular weight is 342 g/mol. The zero-order chi connectivity index (χ0) is 18.1. The zero-order valence-corrected chi connectivity index (χ0v) is 15.3. The molecule has 25 heavy (non-hydrogen) atoms. The third-order valence-corrected chi connectivity index (χ3v) is 4.73. The second kappa shape index (κ2) is 9.99. The molecule has 0 saturated heterocycles. The summed E-state index contributed by atoms with van der Waals surface area (Å²) in [6.45, 7) is 4.07. The summed E-state index contributed by atoms with van der Waals surface area (Å²) in [7, 11) is 0. The van der Waals surface area contributed by atoms with Gasteiger partial charge < -0.3 is 0 Å². The maximum atomic E-state index is 11.8. The standard InChI is InChI=1S/C20H30N4O/c1-3-4-5-6-7-8-9-16-10-12-17(13-11-16)19-18(14-22-24-19)15(2)20(25)23-21/h10-15H,3-9,21H2,1-2H3,(H,22,24)(H,23,25). The van der Waals surface area contributed by atoms with Crippen molar-refractivity contribution in [3.63, 3.8) is 0 Å². The van der Waals surface area contributed by atoms with Gasteiger partial charge in [-0.15, -0.1) is 0 Å². The number of nitrogens with two attached hydrogens (primary N) is 1. The van der Waals surface area contributed by atoms with E-state index in [9.17, 15) is 4.79 Å². The normalized spacial score (nSPS) is 12.1. The highest BCUT2D eigenvalue weighted by Gasteiger charge is 2.20. The fraction of sp³-hybridized carbons (Fsp3) is 0.500. The second-order valence-electron chi connectivity index (χ2n) is 6.65. The van der Waals surface area contributed by atoms with Crippen LogP contribution in [0.15, 0.2) is 30.5 Å². The quantitative estimate of drug-likeness (QED) is 0.263. The van der Waals surface area contributed by atoms with Crippen LogP contribution in [0.3, 0.4) is 0 Å². The van der Waals surface area contributed by atoms with Crippen LogP contribution in [0.4, 0.5) is 0 Å². The number of H-pyrrole nitrogens is 1. The molecule has 0 saturated carbocycles. The number of benzene rings is 1. The Morgan fingerprint density at radius 3 is 2.52 bits per heavy atom. The van der Waals surface area contributed by atoms with Crippen LogP contribution in [-0.4, -0.2) is 16.1 Å². The Bertz CT molecular complexity index is 648. The van der Waals surface area contributed by atoms with Crippen molar-refractivity contribution in [2.24, 2.45) is 5.84 Å². The molecule has 0 spiro atoms. The van der Waals surface area contributed by atoms with Gasteiger partial charge in [-0.3, -0.25) is 15.3 Å². The molecule has 2 rings (SSSR count). The van der Waals surface area contributed by atoms with Crippen LogP contribution in [0.25, 0.3) is 11.3 Å². The molecule has 1 amide bonds. The van der Waals surface area contributed by atoms with Gasteiger partial charge in [0.1, 0.15) is 0 Å².